The van der Waals surface area contributed by atoms with E-state index in [0.29, 0.717) is 5.69 Å². The van der Waals surface area contributed by atoms with Crippen molar-refractivity contribution in [3.05, 3.63) is 24.3 Å². The number of hydrogen-bond acceptors (Lipinski definition) is 3. The van der Waals surface area contributed by atoms with E-state index in [9.17, 15) is 4.79 Å². The molecule has 1 saturated heterocycles. The van der Waals surface area contributed by atoms with E-state index in [1.165, 1.54) is 0 Å². The summed E-state index contributed by atoms with van der Waals surface area (Å²) in [6.07, 6.45) is 2.00. The molecule has 1 amide bonds. The summed E-state index contributed by atoms with van der Waals surface area (Å²) in [5.41, 5.74) is 7.20. The summed E-state index contributed by atoms with van der Waals surface area (Å²) in [5.74, 6) is 0.127. The van der Waals surface area contributed by atoms with Crippen LogP contribution in [0.3, 0.4) is 0 Å². The molecule has 1 atom stereocenters. The van der Waals surface area contributed by atoms with Gasteiger partial charge in [0.2, 0.25) is 5.91 Å². The van der Waals surface area contributed by atoms with Crippen LogP contribution in [0.4, 0.5) is 11.4 Å². The monoisotopic (exact) mass is 219 g/mol. The van der Waals surface area contributed by atoms with Crippen molar-refractivity contribution in [3.8, 4) is 0 Å². The Morgan fingerprint density at radius 2 is 2.12 bits per heavy atom. The van der Waals surface area contributed by atoms with Crippen LogP contribution in [0.25, 0.3) is 0 Å². The third-order valence-corrected chi connectivity index (χ3v) is 2.97. The Morgan fingerprint density at radius 3 is 2.69 bits per heavy atom. The van der Waals surface area contributed by atoms with E-state index in [0.717, 1.165) is 25.1 Å². The van der Waals surface area contributed by atoms with E-state index in [2.05, 4.69) is 5.32 Å². The Kier molecular flexibility index (Phi) is 3.10. The number of nitrogen functional groups attached to an aromatic ring is 1. The van der Waals surface area contributed by atoms with Gasteiger partial charge in [0.25, 0.3) is 0 Å². The van der Waals surface area contributed by atoms with Crippen molar-refractivity contribution in [1.82, 2.24) is 5.32 Å². The highest BCUT2D eigenvalue weighted by molar-refractivity contribution is 5.96. The smallest absolute Gasteiger partial charge is 0.243 e. The number of carbonyl (C=O) groups is 1. The first-order valence-electron chi connectivity index (χ1n) is 5.55. The molecular formula is C12H17N3O. The Bertz CT molecular complexity index is 368. The maximum absolute atomic E-state index is 12.1. The average Bonchev–Trinajstić information content (AvgIpc) is 2.81. The van der Waals surface area contributed by atoms with Crippen LogP contribution in [0.5, 0.6) is 0 Å². The summed E-state index contributed by atoms with van der Waals surface area (Å²) in [4.78, 5) is 13.7. The van der Waals surface area contributed by atoms with Gasteiger partial charge in [-0.25, -0.2) is 0 Å². The summed E-state index contributed by atoms with van der Waals surface area (Å²) in [6, 6.07) is 7.31. The number of carbonyl (C=O) groups excluding carboxylic acids is 1. The van der Waals surface area contributed by atoms with Crippen molar-refractivity contribution in [2.24, 2.45) is 0 Å². The fraction of sp³-hybridized carbons (Fsp3) is 0.417. The number of nitrogens with one attached hydrogen (secondary N) is 1. The topological polar surface area (TPSA) is 58.4 Å². The number of likely N-dealkylation sites (N-methyl/N-ethyl adjacent to an activating group) is 1. The van der Waals surface area contributed by atoms with Crippen LogP contribution in [0.2, 0.25) is 0 Å². The molecule has 0 radical (unpaired) electrons. The Hall–Kier alpha value is -1.55. The predicted molar refractivity (Wildman–Crippen MR) is 65.3 cm³/mol. The Balaban J connectivity index is 2.08. The zero-order valence-electron chi connectivity index (χ0n) is 9.44. The van der Waals surface area contributed by atoms with Gasteiger partial charge >= 0.3 is 0 Å². The van der Waals surface area contributed by atoms with E-state index in [4.69, 9.17) is 5.73 Å². The van der Waals surface area contributed by atoms with Gasteiger partial charge in [-0.1, -0.05) is 0 Å². The zero-order chi connectivity index (χ0) is 11.5. The largest absolute Gasteiger partial charge is 0.399 e. The molecule has 1 aliphatic heterocycles. The lowest BCUT2D eigenvalue weighted by atomic mass is 10.2. The molecule has 1 aromatic rings. The van der Waals surface area contributed by atoms with Crippen LogP contribution >= 0.6 is 0 Å². The molecule has 2 rings (SSSR count). The molecule has 0 aromatic heterocycles. The summed E-state index contributed by atoms with van der Waals surface area (Å²) in [7, 11) is 1.80. The van der Waals surface area contributed by atoms with Gasteiger partial charge in [0.05, 0.1) is 6.04 Å². The van der Waals surface area contributed by atoms with Crippen LogP contribution in [-0.4, -0.2) is 25.5 Å². The molecule has 0 saturated carbocycles. The van der Waals surface area contributed by atoms with Gasteiger partial charge in [0.1, 0.15) is 0 Å². The minimum absolute atomic E-state index is 0.0254. The number of amides is 1. The van der Waals surface area contributed by atoms with Crippen molar-refractivity contribution >= 4 is 17.3 Å². The predicted octanol–water partition coefficient (Wildman–Crippen LogP) is 0.984. The Labute approximate surface area is 95.4 Å². The average molecular weight is 219 g/mol. The standard InChI is InChI=1S/C12H17N3O/c1-15(10-6-4-9(13)5-7-10)12(16)11-3-2-8-14-11/h4-7,11,14H,2-3,8,13H2,1H3. The first kappa shape index (κ1) is 11.0. The quantitative estimate of drug-likeness (QED) is 0.729. The van der Waals surface area contributed by atoms with Gasteiger partial charge in [-0.3, -0.25) is 4.79 Å². The van der Waals surface area contributed by atoms with Gasteiger partial charge < -0.3 is 16.0 Å². The summed E-state index contributed by atoms with van der Waals surface area (Å²) in [6.45, 7) is 0.936. The highest BCUT2D eigenvalue weighted by atomic mass is 16.2. The number of hydrogen-bond donors (Lipinski definition) is 2. The fourth-order valence-corrected chi connectivity index (χ4v) is 1.95. The molecule has 1 aromatic carbocycles. The number of rotatable bonds is 2. The third-order valence-electron chi connectivity index (χ3n) is 2.97. The van der Waals surface area contributed by atoms with Gasteiger partial charge in [0.15, 0.2) is 0 Å². The summed E-state index contributed by atoms with van der Waals surface area (Å²) in [5, 5.41) is 3.20. The molecule has 1 heterocycles. The van der Waals surface area contributed by atoms with Gasteiger partial charge in [-0.05, 0) is 43.7 Å². The molecule has 1 aliphatic rings. The highest BCUT2D eigenvalue weighted by Gasteiger charge is 2.25. The first-order valence-corrected chi connectivity index (χ1v) is 5.55. The molecule has 1 fully saturated rings. The molecule has 0 aliphatic carbocycles. The fourth-order valence-electron chi connectivity index (χ4n) is 1.95. The number of anilines is 2. The molecule has 4 heteroatoms. The molecule has 0 bridgehead atoms. The third kappa shape index (κ3) is 2.17. The molecule has 1 unspecified atom stereocenters. The van der Waals surface area contributed by atoms with Crippen molar-refractivity contribution in [2.45, 2.75) is 18.9 Å². The second kappa shape index (κ2) is 4.53. The van der Waals surface area contributed by atoms with E-state index >= 15 is 0 Å². The molecule has 86 valence electrons. The van der Waals surface area contributed by atoms with E-state index < -0.39 is 0 Å². The van der Waals surface area contributed by atoms with Crippen molar-refractivity contribution in [3.63, 3.8) is 0 Å². The minimum atomic E-state index is -0.0254. The van der Waals surface area contributed by atoms with Crippen molar-refractivity contribution < 1.29 is 4.79 Å². The summed E-state index contributed by atoms with van der Waals surface area (Å²) < 4.78 is 0. The molecular weight excluding hydrogens is 202 g/mol. The van der Waals surface area contributed by atoms with Crippen LogP contribution < -0.4 is 16.0 Å². The molecule has 3 N–H and O–H groups in total. The van der Waals surface area contributed by atoms with Gasteiger partial charge in [0, 0.05) is 18.4 Å². The van der Waals surface area contributed by atoms with E-state index in [1.54, 1.807) is 24.1 Å². The second-order valence-electron chi connectivity index (χ2n) is 4.14. The van der Waals surface area contributed by atoms with Crippen LogP contribution in [-0.2, 0) is 4.79 Å². The van der Waals surface area contributed by atoms with E-state index in [-0.39, 0.29) is 11.9 Å². The van der Waals surface area contributed by atoms with Crippen LogP contribution in [0.15, 0.2) is 24.3 Å². The lowest BCUT2D eigenvalue weighted by Crippen LogP contribution is -2.41. The maximum Gasteiger partial charge on any atom is 0.243 e. The molecule has 0 spiro atoms. The van der Waals surface area contributed by atoms with Crippen LogP contribution in [0.1, 0.15) is 12.8 Å². The SMILES string of the molecule is CN(C(=O)C1CCCN1)c1ccc(N)cc1. The van der Waals surface area contributed by atoms with E-state index in [1.807, 2.05) is 12.1 Å². The Morgan fingerprint density at radius 1 is 1.44 bits per heavy atom. The number of benzene rings is 1. The maximum atomic E-state index is 12.1. The number of nitrogens with zero attached hydrogens (tertiary/aromatic N) is 1. The minimum Gasteiger partial charge on any atom is -0.399 e. The number of nitrogens with two attached hydrogens (primary N) is 1. The molecule has 16 heavy (non-hydrogen) atoms. The van der Waals surface area contributed by atoms with Crippen LogP contribution in [0, 0.1) is 0 Å². The van der Waals surface area contributed by atoms with Crippen molar-refractivity contribution in [2.75, 3.05) is 24.2 Å². The highest BCUT2D eigenvalue weighted by Crippen LogP contribution is 2.17. The van der Waals surface area contributed by atoms with Gasteiger partial charge in [-0.15, -0.1) is 0 Å². The second-order valence-corrected chi connectivity index (χ2v) is 4.14. The lowest BCUT2D eigenvalue weighted by Gasteiger charge is -2.21. The zero-order valence-corrected chi connectivity index (χ0v) is 9.44. The summed E-state index contributed by atoms with van der Waals surface area (Å²) >= 11 is 0. The lowest BCUT2D eigenvalue weighted by molar-refractivity contribution is -0.119. The van der Waals surface area contributed by atoms with Gasteiger partial charge in [-0.2, -0.15) is 0 Å². The first-order chi connectivity index (χ1) is 7.68. The van der Waals surface area contributed by atoms with Crippen molar-refractivity contribution in [1.29, 1.82) is 0 Å². The molecule has 4 nitrogen and oxygen atoms in total. The normalized spacial score (nSPS) is 19.7.